The molecule has 1 N–H and O–H groups in total. The Bertz CT molecular complexity index is 999. The van der Waals surface area contributed by atoms with Crippen LogP contribution in [0.1, 0.15) is 10.4 Å². The van der Waals surface area contributed by atoms with Crippen LogP contribution in [0.3, 0.4) is 0 Å². The molecule has 27 heavy (non-hydrogen) atoms. The molecule has 7 heteroatoms. The van der Waals surface area contributed by atoms with E-state index in [1.807, 2.05) is 30.5 Å². The molecule has 3 aromatic rings. The predicted octanol–water partition coefficient (Wildman–Crippen LogP) is 3.96. The van der Waals surface area contributed by atoms with E-state index < -0.39 is 0 Å². The number of amides is 1. The molecule has 4 rings (SSSR count). The van der Waals surface area contributed by atoms with Gasteiger partial charge in [0.2, 0.25) is 0 Å². The lowest BCUT2D eigenvalue weighted by molar-refractivity contribution is 0.102. The Hall–Kier alpha value is -2.70. The van der Waals surface area contributed by atoms with Crippen LogP contribution in [0.5, 0.6) is 11.5 Å². The normalized spacial score (nSPS) is 13.0. The van der Waals surface area contributed by atoms with Gasteiger partial charge in [0.15, 0.2) is 11.5 Å². The van der Waals surface area contributed by atoms with Crippen molar-refractivity contribution in [2.24, 2.45) is 0 Å². The Morgan fingerprint density at radius 2 is 2.07 bits per heavy atom. The zero-order chi connectivity index (χ0) is 18.8. The third-order valence-corrected chi connectivity index (χ3v) is 4.70. The molecule has 0 bridgehead atoms. The van der Waals surface area contributed by atoms with Crippen LogP contribution in [-0.4, -0.2) is 37.4 Å². The molecule has 0 unspecified atom stereocenters. The highest BCUT2D eigenvalue weighted by Gasteiger charge is 2.19. The summed E-state index contributed by atoms with van der Waals surface area (Å²) in [6, 6.07) is 11.1. The maximum Gasteiger partial charge on any atom is 0.255 e. The summed E-state index contributed by atoms with van der Waals surface area (Å²) in [6.45, 7) is 2.31. The minimum atomic E-state index is -0.257. The minimum absolute atomic E-state index is 0.257. The number of methoxy groups -OCH3 is 1. The van der Waals surface area contributed by atoms with Crippen molar-refractivity contribution in [2.45, 2.75) is 6.54 Å². The van der Waals surface area contributed by atoms with Crippen molar-refractivity contribution in [3.63, 3.8) is 0 Å². The van der Waals surface area contributed by atoms with E-state index in [1.54, 1.807) is 19.2 Å². The van der Waals surface area contributed by atoms with Crippen LogP contribution in [-0.2, 0) is 11.3 Å². The van der Waals surface area contributed by atoms with Gasteiger partial charge in [-0.05, 0) is 36.4 Å². The first-order valence-corrected chi connectivity index (χ1v) is 9.02. The fourth-order valence-corrected chi connectivity index (χ4v) is 3.37. The molecule has 0 saturated heterocycles. The first-order chi connectivity index (χ1) is 13.2. The summed E-state index contributed by atoms with van der Waals surface area (Å²) in [7, 11) is 1.68. The van der Waals surface area contributed by atoms with Gasteiger partial charge in [-0.1, -0.05) is 11.6 Å². The Balaban J connectivity index is 1.55. The summed E-state index contributed by atoms with van der Waals surface area (Å²) in [5, 5.41) is 4.32. The molecule has 2 heterocycles. The zero-order valence-electron chi connectivity index (χ0n) is 14.8. The second-order valence-corrected chi connectivity index (χ2v) is 6.62. The largest absolute Gasteiger partial charge is 0.486 e. The van der Waals surface area contributed by atoms with E-state index in [0.29, 0.717) is 47.6 Å². The van der Waals surface area contributed by atoms with Gasteiger partial charge in [-0.3, -0.25) is 4.79 Å². The highest BCUT2D eigenvalue weighted by molar-refractivity contribution is 6.32. The van der Waals surface area contributed by atoms with Gasteiger partial charge in [-0.2, -0.15) is 0 Å². The van der Waals surface area contributed by atoms with Crippen molar-refractivity contribution in [3.8, 4) is 11.5 Å². The molecule has 0 aliphatic carbocycles. The van der Waals surface area contributed by atoms with E-state index in [2.05, 4.69) is 9.88 Å². The lowest BCUT2D eigenvalue weighted by Crippen LogP contribution is -2.17. The van der Waals surface area contributed by atoms with E-state index in [9.17, 15) is 4.79 Å². The summed E-state index contributed by atoms with van der Waals surface area (Å²) < 4.78 is 18.3. The van der Waals surface area contributed by atoms with Gasteiger partial charge in [0, 0.05) is 42.0 Å². The second-order valence-electron chi connectivity index (χ2n) is 6.21. The second kappa shape index (κ2) is 7.50. The Labute approximate surface area is 161 Å². The molecule has 1 aromatic heterocycles. The standard InChI is InChI=1S/C20H19ClN2O4/c1-25-7-6-23-5-4-13-10-15(2-3-17(13)23)22-20(24)14-11-16(21)19-18(12-14)26-8-9-27-19/h2-5,10-12H,6-9H2,1H3,(H,22,24). The third-order valence-electron chi connectivity index (χ3n) is 4.42. The summed E-state index contributed by atoms with van der Waals surface area (Å²) in [4.78, 5) is 12.6. The smallest absolute Gasteiger partial charge is 0.255 e. The fraction of sp³-hybridized carbons (Fsp3) is 0.250. The average Bonchev–Trinajstić information content (AvgIpc) is 3.08. The molecule has 0 spiro atoms. The molecule has 1 aliphatic rings. The minimum Gasteiger partial charge on any atom is -0.486 e. The summed E-state index contributed by atoms with van der Waals surface area (Å²) in [5.74, 6) is 0.717. The first kappa shape index (κ1) is 17.7. The molecule has 6 nitrogen and oxygen atoms in total. The van der Waals surface area contributed by atoms with Crippen LogP contribution < -0.4 is 14.8 Å². The highest BCUT2D eigenvalue weighted by atomic mass is 35.5. The van der Waals surface area contributed by atoms with Crippen LogP contribution in [0.4, 0.5) is 5.69 Å². The monoisotopic (exact) mass is 386 g/mol. The lowest BCUT2D eigenvalue weighted by atomic mass is 10.1. The number of nitrogens with one attached hydrogen (secondary N) is 1. The molecule has 0 fully saturated rings. The Kier molecular flexibility index (Phi) is 4.92. The Morgan fingerprint density at radius 3 is 2.93 bits per heavy atom. The molecule has 1 amide bonds. The highest BCUT2D eigenvalue weighted by Crippen LogP contribution is 2.38. The van der Waals surface area contributed by atoms with E-state index in [1.165, 1.54) is 0 Å². The number of anilines is 1. The number of aromatic nitrogens is 1. The van der Waals surface area contributed by atoms with Crippen LogP contribution in [0, 0.1) is 0 Å². The van der Waals surface area contributed by atoms with Gasteiger partial charge in [0.1, 0.15) is 13.2 Å². The van der Waals surface area contributed by atoms with E-state index >= 15 is 0 Å². The van der Waals surface area contributed by atoms with Crippen molar-refractivity contribution in [2.75, 3.05) is 32.2 Å². The van der Waals surface area contributed by atoms with E-state index in [-0.39, 0.29) is 5.91 Å². The van der Waals surface area contributed by atoms with E-state index in [0.717, 1.165) is 17.4 Å². The van der Waals surface area contributed by atoms with Crippen molar-refractivity contribution >= 4 is 34.1 Å². The predicted molar refractivity (Wildman–Crippen MR) is 104 cm³/mol. The van der Waals surface area contributed by atoms with Crippen molar-refractivity contribution in [1.82, 2.24) is 4.57 Å². The molecule has 140 valence electrons. The van der Waals surface area contributed by atoms with Gasteiger partial charge in [-0.25, -0.2) is 0 Å². The zero-order valence-corrected chi connectivity index (χ0v) is 15.6. The number of benzene rings is 2. The van der Waals surface area contributed by atoms with Gasteiger partial charge >= 0.3 is 0 Å². The third kappa shape index (κ3) is 3.59. The van der Waals surface area contributed by atoms with Crippen LogP contribution in [0.2, 0.25) is 5.02 Å². The molecule has 0 saturated carbocycles. The number of ether oxygens (including phenoxy) is 3. The molecular formula is C20H19ClN2O4. The van der Waals surface area contributed by atoms with Crippen molar-refractivity contribution < 1.29 is 19.0 Å². The lowest BCUT2D eigenvalue weighted by Gasteiger charge is -2.20. The van der Waals surface area contributed by atoms with E-state index in [4.69, 9.17) is 25.8 Å². The fourth-order valence-electron chi connectivity index (χ4n) is 3.11. The SMILES string of the molecule is COCCn1ccc2cc(NC(=O)c3cc(Cl)c4c(c3)OCCO4)ccc21. The number of rotatable bonds is 5. The van der Waals surface area contributed by atoms with Crippen molar-refractivity contribution in [3.05, 3.63) is 53.2 Å². The summed E-state index contributed by atoms with van der Waals surface area (Å²) >= 11 is 6.22. The van der Waals surface area contributed by atoms with Crippen LogP contribution in [0.15, 0.2) is 42.6 Å². The Morgan fingerprint density at radius 1 is 1.22 bits per heavy atom. The van der Waals surface area contributed by atoms with Crippen LogP contribution in [0.25, 0.3) is 10.9 Å². The van der Waals surface area contributed by atoms with Gasteiger partial charge in [0.05, 0.1) is 11.6 Å². The van der Waals surface area contributed by atoms with Gasteiger partial charge < -0.3 is 24.1 Å². The number of hydrogen-bond acceptors (Lipinski definition) is 4. The first-order valence-electron chi connectivity index (χ1n) is 8.64. The van der Waals surface area contributed by atoms with Crippen molar-refractivity contribution in [1.29, 1.82) is 0 Å². The molecular weight excluding hydrogens is 368 g/mol. The average molecular weight is 387 g/mol. The molecule has 2 aromatic carbocycles. The number of halogens is 1. The number of nitrogens with zero attached hydrogens (tertiary/aromatic N) is 1. The number of carbonyl (C=O) groups excluding carboxylic acids is 1. The maximum atomic E-state index is 12.6. The van der Waals surface area contributed by atoms with Crippen LogP contribution >= 0.6 is 11.6 Å². The number of carbonyl (C=O) groups is 1. The number of hydrogen-bond donors (Lipinski definition) is 1. The molecule has 1 aliphatic heterocycles. The number of fused-ring (bicyclic) bond motifs is 2. The van der Waals surface area contributed by atoms with Gasteiger partial charge in [0.25, 0.3) is 5.91 Å². The topological polar surface area (TPSA) is 61.7 Å². The van der Waals surface area contributed by atoms with Gasteiger partial charge in [-0.15, -0.1) is 0 Å². The maximum absolute atomic E-state index is 12.6. The quantitative estimate of drug-likeness (QED) is 0.720. The molecule has 0 radical (unpaired) electrons. The molecule has 0 atom stereocenters. The summed E-state index contributed by atoms with van der Waals surface area (Å²) in [5.41, 5.74) is 2.22. The summed E-state index contributed by atoms with van der Waals surface area (Å²) in [6.07, 6.45) is 2.01.